The minimum atomic E-state index is 0.536. The van der Waals surface area contributed by atoms with Gasteiger partial charge in [-0.1, -0.05) is 30.5 Å². The largest absolute Gasteiger partial charge is 0.314 e. The highest BCUT2D eigenvalue weighted by atomic mass is 35.5. The maximum absolute atomic E-state index is 5.93. The van der Waals surface area contributed by atoms with E-state index in [4.69, 9.17) is 11.6 Å². The van der Waals surface area contributed by atoms with Crippen molar-refractivity contribution in [3.8, 4) is 0 Å². The fourth-order valence-electron chi connectivity index (χ4n) is 3.58. The average molecular weight is 280 g/mol. The van der Waals surface area contributed by atoms with Gasteiger partial charge in [-0.25, -0.2) is 4.98 Å². The van der Waals surface area contributed by atoms with Crippen molar-refractivity contribution in [3.63, 3.8) is 0 Å². The van der Waals surface area contributed by atoms with E-state index in [1.807, 2.05) is 12.3 Å². The molecule has 2 fully saturated rings. The minimum Gasteiger partial charge on any atom is -0.314 e. The van der Waals surface area contributed by atoms with E-state index in [1.54, 1.807) is 0 Å². The second-order valence-corrected chi connectivity index (χ2v) is 6.08. The number of aromatic nitrogens is 1. The van der Waals surface area contributed by atoms with E-state index in [-0.39, 0.29) is 0 Å². The SMILES string of the molecule is Clc1ccc([C@H](C2CCCC2)N2CCNCC2)cn1. The van der Waals surface area contributed by atoms with Gasteiger partial charge in [-0.05, 0) is 30.4 Å². The van der Waals surface area contributed by atoms with Gasteiger partial charge in [-0.2, -0.15) is 0 Å². The van der Waals surface area contributed by atoms with Gasteiger partial charge in [-0.3, -0.25) is 4.90 Å². The van der Waals surface area contributed by atoms with Crippen LogP contribution in [0.1, 0.15) is 37.3 Å². The van der Waals surface area contributed by atoms with Crippen molar-refractivity contribution in [2.24, 2.45) is 5.92 Å². The second kappa shape index (κ2) is 6.21. The Bertz CT molecular complexity index is 394. The third-order valence-electron chi connectivity index (χ3n) is 4.48. The highest BCUT2D eigenvalue weighted by Crippen LogP contribution is 2.39. The summed E-state index contributed by atoms with van der Waals surface area (Å²) >= 11 is 5.93. The van der Waals surface area contributed by atoms with Gasteiger partial charge in [0.15, 0.2) is 0 Å². The average Bonchev–Trinajstić information content (AvgIpc) is 2.96. The number of hydrogen-bond donors (Lipinski definition) is 1. The summed E-state index contributed by atoms with van der Waals surface area (Å²) in [4.78, 5) is 6.93. The Kier molecular flexibility index (Phi) is 4.36. The first-order valence-electron chi connectivity index (χ1n) is 7.41. The third kappa shape index (κ3) is 3.10. The smallest absolute Gasteiger partial charge is 0.129 e. The summed E-state index contributed by atoms with van der Waals surface area (Å²) in [5, 5.41) is 4.03. The van der Waals surface area contributed by atoms with Gasteiger partial charge >= 0.3 is 0 Å². The summed E-state index contributed by atoms with van der Waals surface area (Å²) in [6.07, 6.45) is 7.46. The first-order valence-corrected chi connectivity index (χ1v) is 7.78. The van der Waals surface area contributed by atoms with Gasteiger partial charge < -0.3 is 5.32 Å². The number of piperazine rings is 1. The molecule has 1 atom stereocenters. The predicted octanol–water partition coefficient (Wildman–Crippen LogP) is 2.87. The van der Waals surface area contributed by atoms with Crippen LogP contribution in [0.3, 0.4) is 0 Å². The van der Waals surface area contributed by atoms with Crippen LogP contribution in [0.4, 0.5) is 0 Å². The summed E-state index contributed by atoms with van der Waals surface area (Å²) in [5.41, 5.74) is 1.35. The van der Waals surface area contributed by atoms with Crippen molar-refractivity contribution in [2.75, 3.05) is 26.2 Å². The Morgan fingerprint density at radius 2 is 1.95 bits per heavy atom. The van der Waals surface area contributed by atoms with Crippen LogP contribution in [0.25, 0.3) is 0 Å². The minimum absolute atomic E-state index is 0.536. The number of nitrogens with zero attached hydrogens (tertiary/aromatic N) is 2. The van der Waals surface area contributed by atoms with Gasteiger partial charge in [-0.15, -0.1) is 0 Å². The molecule has 1 aromatic rings. The third-order valence-corrected chi connectivity index (χ3v) is 4.71. The summed E-state index contributed by atoms with van der Waals surface area (Å²) in [7, 11) is 0. The van der Waals surface area contributed by atoms with E-state index in [1.165, 1.54) is 31.2 Å². The van der Waals surface area contributed by atoms with Crippen LogP contribution in [0.15, 0.2) is 18.3 Å². The van der Waals surface area contributed by atoms with Crippen LogP contribution in [-0.2, 0) is 0 Å². The molecule has 1 aliphatic heterocycles. The summed E-state index contributed by atoms with van der Waals surface area (Å²) in [6, 6.07) is 4.64. The van der Waals surface area contributed by atoms with Crippen molar-refractivity contribution < 1.29 is 0 Å². The zero-order valence-corrected chi connectivity index (χ0v) is 12.1. The van der Waals surface area contributed by atoms with E-state index < -0.39 is 0 Å². The Balaban J connectivity index is 1.83. The molecular formula is C15H22ClN3. The maximum Gasteiger partial charge on any atom is 0.129 e. The molecule has 104 valence electrons. The van der Waals surface area contributed by atoms with Crippen LogP contribution in [0, 0.1) is 5.92 Å². The lowest BCUT2D eigenvalue weighted by atomic mass is 9.90. The van der Waals surface area contributed by atoms with Crippen LogP contribution in [0.5, 0.6) is 0 Å². The highest BCUT2D eigenvalue weighted by molar-refractivity contribution is 6.29. The van der Waals surface area contributed by atoms with Gasteiger partial charge in [0.1, 0.15) is 5.15 Å². The number of rotatable bonds is 3. The van der Waals surface area contributed by atoms with Crippen LogP contribution < -0.4 is 5.32 Å². The molecule has 1 saturated heterocycles. The Morgan fingerprint density at radius 3 is 2.58 bits per heavy atom. The van der Waals surface area contributed by atoms with Gasteiger partial charge in [0, 0.05) is 38.4 Å². The normalized spacial score (nSPS) is 23.6. The van der Waals surface area contributed by atoms with E-state index in [0.29, 0.717) is 11.2 Å². The number of halogens is 1. The van der Waals surface area contributed by atoms with Crippen LogP contribution >= 0.6 is 11.6 Å². The molecule has 2 aliphatic rings. The van der Waals surface area contributed by atoms with E-state index in [0.717, 1.165) is 32.1 Å². The van der Waals surface area contributed by atoms with Crippen LogP contribution in [0.2, 0.25) is 5.15 Å². The summed E-state index contributed by atoms with van der Waals surface area (Å²) in [6.45, 7) is 4.49. The van der Waals surface area contributed by atoms with Crippen molar-refractivity contribution in [3.05, 3.63) is 29.0 Å². The van der Waals surface area contributed by atoms with Gasteiger partial charge in [0.2, 0.25) is 0 Å². The topological polar surface area (TPSA) is 28.2 Å². The standard InChI is InChI=1S/C15H22ClN3/c16-14-6-5-13(11-18-14)15(12-3-1-2-4-12)19-9-7-17-8-10-19/h5-6,11-12,15,17H,1-4,7-10H2/t15-/m0/s1. The molecule has 1 aliphatic carbocycles. The number of pyridine rings is 1. The molecule has 1 N–H and O–H groups in total. The second-order valence-electron chi connectivity index (χ2n) is 5.69. The monoisotopic (exact) mass is 279 g/mol. The molecule has 3 nitrogen and oxygen atoms in total. The first kappa shape index (κ1) is 13.3. The lowest BCUT2D eigenvalue weighted by Crippen LogP contribution is -2.46. The van der Waals surface area contributed by atoms with E-state index >= 15 is 0 Å². The van der Waals surface area contributed by atoms with Gasteiger partial charge in [0.25, 0.3) is 0 Å². The molecule has 4 heteroatoms. The first-order chi connectivity index (χ1) is 9.34. The molecule has 0 amide bonds. The summed E-state index contributed by atoms with van der Waals surface area (Å²) in [5.74, 6) is 0.793. The molecule has 1 saturated carbocycles. The quantitative estimate of drug-likeness (QED) is 0.863. The number of nitrogens with one attached hydrogen (secondary N) is 1. The molecule has 0 radical (unpaired) electrons. The molecule has 0 aromatic carbocycles. The Morgan fingerprint density at radius 1 is 1.21 bits per heavy atom. The molecule has 0 spiro atoms. The molecule has 1 aromatic heterocycles. The van der Waals surface area contributed by atoms with Gasteiger partial charge in [0.05, 0.1) is 0 Å². The fourth-order valence-corrected chi connectivity index (χ4v) is 3.69. The van der Waals surface area contributed by atoms with Crippen LogP contribution in [-0.4, -0.2) is 36.1 Å². The highest BCUT2D eigenvalue weighted by Gasteiger charge is 2.31. The lowest BCUT2D eigenvalue weighted by Gasteiger charge is -2.38. The molecule has 0 unspecified atom stereocenters. The lowest BCUT2D eigenvalue weighted by molar-refractivity contribution is 0.125. The zero-order valence-electron chi connectivity index (χ0n) is 11.3. The molecule has 3 rings (SSSR count). The molecule has 2 heterocycles. The number of hydrogen-bond acceptors (Lipinski definition) is 3. The summed E-state index contributed by atoms with van der Waals surface area (Å²) < 4.78 is 0. The van der Waals surface area contributed by atoms with Crippen molar-refractivity contribution in [1.82, 2.24) is 15.2 Å². The van der Waals surface area contributed by atoms with E-state index in [2.05, 4.69) is 21.3 Å². The Hall–Kier alpha value is -0.640. The molecule has 19 heavy (non-hydrogen) atoms. The molecule has 0 bridgehead atoms. The predicted molar refractivity (Wildman–Crippen MR) is 78.4 cm³/mol. The van der Waals surface area contributed by atoms with Crippen molar-refractivity contribution in [1.29, 1.82) is 0 Å². The molecular weight excluding hydrogens is 258 g/mol. The maximum atomic E-state index is 5.93. The van der Waals surface area contributed by atoms with Crippen molar-refractivity contribution >= 4 is 11.6 Å². The zero-order chi connectivity index (χ0) is 13.1. The fraction of sp³-hybridized carbons (Fsp3) is 0.667. The van der Waals surface area contributed by atoms with E-state index in [9.17, 15) is 0 Å². The Labute approximate surface area is 120 Å². The van der Waals surface area contributed by atoms with Crippen molar-refractivity contribution in [2.45, 2.75) is 31.7 Å².